The summed E-state index contributed by atoms with van der Waals surface area (Å²) in [6, 6.07) is 0. The van der Waals surface area contributed by atoms with E-state index in [-0.39, 0.29) is 13.2 Å². The predicted octanol–water partition coefficient (Wildman–Crippen LogP) is 0.146. The fraction of sp³-hybridized carbons (Fsp3) is 0.800. The Morgan fingerprint density at radius 2 is 2.33 bits per heavy atom. The number of rotatable bonds is 4. The van der Waals surface area contributed by atoms with Crippen molar-refractivity contribution < 1.29 is 18.7 Å². The van der Waals surface area contributed by atoms with Crippen molar-refractivity contribution in [2.45, 2.75) is 0 Å². The fourth-order valence-corrected chi connectivity index (χ4v) is 0.312. The lowest BCUT2D eigenvalue weighted by Gasteiger charge is -1.98. The molecular formula is C5H9FO3. The minimum atomic E-state index is -0.643. The van der Waals surface area contributed by atoms with E-state index in [0.29, 0.717) is 0 Å². The number of ether oxygens (including phenoxy) is 2. The Labute approximate surface area is 52.8 Å². The van der Waals surface area contributed by atoms with E-state index in [2.05, 4.69) is 9.47 Å². The van der Waals surface area contributed by atoms with Crippen molar-refractivity contribution in [3.8, 4) is 0 Å². The van der Waals surface area contributed by atoms with Crippen LogP contribution in [0.4, 0.5) is 4.39 Å². The number of carbonyl (C=O) groups is 1. The molecule has 0 bridgehead atoms. The number of carbonyl (C=O) groups excluding carboxylic acids is 1. The molecule has 0 aliphatic rings. The zero-order valence-electron chi connectivity index (χ0n) is 5.22. The highest BCUT2D eigenvalue weighted by molar-refractivity contribution is 5.70. The maximum atomic E-state index is 11.3. The highest BCUT2D eigenvalue weighted by Gasteiger charge is 1.98. The Morgan fingerprint density at radius 1 is 1.67 bits per heavy atom. The van der Waals surface area contributed by atoms with Crippen molar-refractivity contribution in [3.63, 3.8) is 0 Å². The van der Waals surface area contributed by atoms with E-state index in [0.717, 1.165) is 0 Å². The summed E-state index contributed by atoms with van der Waals surface area (Å²) < 4.78 is 20.0. The highest BCUT2D eigenvalue weighted by Crippen LogP contribution is 1.79. The number of hydrogen-bond donors (Lipinski definition) is 0. The zero-order valence-corrected chi connectivity index (χ0v) is 5.22. The smallest absolute Gasteiger partial charge is 0.332 e. The molecule has 0 amide bonds. The minimum Gasteiger partial charge on any atom is -0.461 e. The molecule has 0 aromatic heterocycles. The van der Waals surface area contributed by atoms with Crippen LogP contribution < -0.4 is 0 Å². The van der Waals surface area contributed by atoms with Gasteiger partial charge in [0.2, 0.25) is 0 Å². The molecule has 0 N–H and O–H groups in total. The second kappa shape index (κ2) is 5.50. The van der Waals surface area contributed by atoms with E-state index >= 15 is 0 Å². The van der Waals surface area contributed by atoms with E-state index in [1.54, 1.807) is 0 Å². The molecule has 0 aromatic carbocycles. The van der Waals surface area contributed by atoms with Crippen LogP contribution in [-0.2, 0) is 14.3 Å². The average molecular weight is 136 g/mol. The highest BCUT2D eigenvalue weighted by atomic mass is 19.1. The van der Waals surface area contributed by atoms with Crippen molar-refractivity contribution in [2.75, 3.05) is 27.0 Å². The summed E-state index contributed by atoms with van der Waals surface area (Å²) in [6.07, 6.45) is 0. The SMILES string of the molecule is COCC(=O)OCCF. The van der Waals surface area contributed by atoms with Gasteiger partial charge >= 0.3 is 5.97 Å². The molecule has 0 rings (SSSR count). The molecule has 0 fully saturated rings. The van der Waals surface area contributed by atoms with Crippen LogP contribution >= 0.6 is 0 Å². The van der Waals surface area contributed by atoms with Gasteiger partial charge < -0.3 is 9.47 Å². The van der Waals surface area contributed by atoms with E-state index in [1.807, 2.05) is 0 Å². The topological polar surface area (TPSA) is 35.5 Å². The van der Waals surface area contributed by atoms with Crippen molar-refractivity contribution >= 4 is 5.97 Å². The van der Waals surface area contributed by atoms with Crippen LogP contribution in [0.25, 0.3) is 0 Å². The van der Waals surface area contributed by atoms with Gasteiger partial charge in [0.05, 0.1) is 0 Å². The molecule has 0 atom stereocenters. The standard InChI is InChI=1S/C5H9FO3/c1-8-4-5(7)9-3-2-6/h2-4H2,1H3. The van der Waals surface area contributed by atoms with Gasteiger partial charge in [-0.3, -0.25) is 0 Å². The molecule has 0 saturated heterocycles. The van der Waals surface area contributed by atoms with E-state index in [9.17, 15) is 9.18 Å². The molecule has 0 spiro atoms. The van der Waals surface area contributed by atoms with Crippen LogP contribution in [-0.4, -0.2) is 33.0 Å². The molecule has 0 unspecified atom stereocenters. The van der Waals surface area contributed by atoms with Gasteiger partial charge in [-0.2, -0.15) is 0 Å². The first kappa shape index (κ1) is 8.36. The largest absolute Gasteiger partial charge is 0.461 e. The Bertz CT molecular complexity index is 84.3. The minimum absolute atomic E-state index is 0.111. The monoisotopic (exact) mass is 136 g/mol. The van der Waals surface area contributed by atoms with Gasteiger partial charge in [-0.15, -0.1) is 0 Å². The summed E-state index contributed by atoms with van der Waals surface area (Å²) >= 11 is 0. The first-order valence-electron chi connectivity index (χ1n) is 2.51. The number of methoxy groups -OCH3 is 1. The van der Waals surface area contributed by atoms with E-state index in [1.165, 1.54) is 7.11 Å². The maximum absolute atomic E-state index is 11.3. The summed E-state index contributed by atoms with van der Waals surface area (Å²) in [4.78, 5) is 10.3. The van der Waals surface area contributed by atoms with Crippen LogP contribution in [0.15, 0.2) is 0 Å². The molecule has 3 nitrogen and oxygen atoms in total. The van der Waals surface area contributed by atoms with Crippen LogP contribution in [0, 0.1) is 0 Å². The summed E-state index contributed by atoms with van der Waals surface area (Å²) in [7, 11) is 1.37. The molecule has 9 heavy (non-hydrogen) atoms. The summed E-state index contributed by atoms with van der Waals surface area (Å²) in [5, 5.41) is 0. The van der Waals surface area contributed by atoms with Crippen LogP contribution in [0.5, 0.6) is 0 Å². The molecular weight excluding hydrogens is 127 g/mol. The molecule has 0 aromatic rings. The maximum Gasteiger partial charge on any atom is 0.332 e. The first-order chi connectivity index (χ1) is 4.31. The molecule has 0 heterocycles. The van der Waals surface area contributed by atoms with Crippen molar-refractivity contribution in [1.82, 2.24) is 0 Å². The van der Waals surface area contributed by atoms with Gasteiger partial charge in [-0.25, -0.2) is 9.18 Å². The lowest BCUT2D eigenvalue weighted by Crippen LogP contribution is -2.12. The number of alkyl halides is 1. The fourth-order valence-electron chi connectivity index (χ4n) is 0.312. The van der Waals surface area contributed by atoms with Gasteiger partial charge in [0.25, 0.3) is 0 Å². The normalized spacial score (nSPS) is 9.11. The summed E-state index contributed by atoms with van der Waals surface area (Å²) in [6.45, 7) is -0.933. The second-order valence-corrected chi connectivity index (χ2v) is 1.34. The quantitative estimate of drug-likeness (QED) is 0.516. The molecule has 0 aliphatic heterocycles. The second-order valence-electron chi connectivity index (χ2n) is 1.34. The van der Waals surface area contributed by atoms with Crippen LogP contribution in [0.1, 0.15) is 0 Å². The summed E-state index contributed by atoms with van der Waals surface area (Å²) in [5.74, 6) is -0.532. The van der Waals surface area contributed by atoms with Crippen molar-refractivity contribution in [3.05, 3.63) is 0 Å². The summed E-state index contributed by atoms with van der Waals surface area (Å²) in [5.41, 5.74) is 0. The third-order valence-corrected chi connectivity index (χ3v) is 0.602. The van der Waals surface area contributed by atoms with Crippen molar-refractivity contribution in [1.29, 1.82) is 0 Å². The third kappa shape index (κ3) is 5.23. The van der Waals surface area contributed by atoms with Crippen LogP contribution in [0.2, 0.25) is 0 Å². The van der Waals surface area contributed by atoms with Gasteiger partial charge in [0.1, 0.15) is 19.9 Å². The molecule has 54 valence electrons. The lowest BCUT2D eigenvalue weighted by atomic mass is 10.7. The Kier molecular flexibility index (Phi) is 5.11. The molecule has 0 saturated carbocycles. The molecule has 0 aliphatic carbocycles. The Hall–Kier alpha value is -0.640. The van der Waals surface area contributed by atoms with Crippen LogP contribution in [0.3, 0.4) is 0 Å². The Morgan fingerprint density at radius 3 is 2.78 bits per heavy atom. The molecule has 0 radical (unpaired) electrons. The lowest BCUT2D eigenvalue weighted by molar-refractivity contribution is -0.148. The third-order valence-electron chi connectivity index (χ3n) is 0.602. The predicted molar refractivity (Wildman–Crippen MR) is 28.8 cm³/mol. The van der Waals surface area contributed by atoms with Gasteiger partial charge in [-0.1, -0.05) is 0 Å². The first-order valence-corrected chi connectivity index (χ1v) is 2.51. The van der Waals surface area contributed by atoms with E-state index in [4.69, 9.17) is 0 Å². The van der Waals surface area contributed by atoms with Crippen molar-refractivity contribution in [2.24, 2.45) is 0 Å². The van der Waals surface area contributed by atoms with Gasteiger partial charge in [-0.05, 0) is 0 Å². The van der Waals surface area contributed by atoms with Gasteiger partial charge in [0, 0.05) is 7.11 Å². The number of esters is 1. The number of hydrogen-bond acceptors (Lipinski definition) is 3. The van der Waals surface area contributed by atoms with Gasteiger partial charge in [0.15, 0.2) is 0 Å². The Balaban J connectivity index is 3.06. The van der Waals surface area contributed by atoms with E-state index < -0.39 is 12.6 Å². The zero-order chi connectivity index (χ0) is 7.11. The average Bonchev–Trinajstić information content (AvgIpc) is 1.85. The number of halogens is 1. The molecule has 4 heteroatoms.